The molecule has 0 bridgehead atoms. The Kier molecular flexibility index (Phi) is 4.60. The van der Waals surface area contributed by atoms with E-state index in [2.05, 4.69) is 5.32 Å². The van der Waals surface area contributed by atoms with Crippen LogP contribution in [0.5, 0.6) is 0 Å². The number of sulfone groups is 2. The average molecular weight is 333 g/mol. The van der Waals surface area contributed by atoms with Crippen molar-refractivity contribution in [1.29, 1.82) is 0 Å². The Morgan fingerprint density at radius 1 is 1.19 bits per heavy atom. The van der Waals surface area contributed by atoms with Crippen LogP contribution in [0.25, 0.3) is 0 Å². The van der Waals surface area contributed by atoms with E-state index in [0.717, 1.165) is 32.0 Å². The van der Waals surface area contributed by atoms with Crippen LogP contribution in [0.2, 0.25) is 0 Å². The molecule has 8 heteroatoms. The number of nitrogens with one attached hydrogen (secondary N) is 1. The number of hydrogen-bond donors (Lipinski definition) is 1. The van der Waals surface area contributed by atoms with Gasteiger partial charge in [0.05, 0.1) is 21.6 Å². The van der Waals surface area contributed by atoms with E-state index in [-0.39, 0.29) is 15.9 Å². The third-order valence-corrected chi connectivity index (χ3v) is 5.57. The summed E-state index contributed by atoms with van der Waals surface area (Å²) in [4.78, 5) is -0.0194. The molecule has 1 aliphatic rings. The molecule has 0 unspecified atom stereocenters. The van der Waals surface area contributed by atoms with Gasteiger partial charge in [0.2, 0.25) is 0 Å². The molecule has 0 aromatic heterocycles. The summed E-state index contributed by atoms with van der Waals surface area (Å²) in [5, 5.41) is 3.04. The molecule has 118 valence electrons. The maximum Gasteiger partial charge on any atom is 0.177 e. The van der Waals surface area contributed by atoms with Crippen molar-refractivity contribution in [3.8, 4) is 0 Å². The van der Waals surface area contributed by atoms with Crippen molar-refractivity contribution >= 4 is 25.4 Å². The van der Waals surface area contributed by atoms with E-state index in [1.165, 1.54) is 18.2 Å². The molecule has 21 heavy (non-hydrogen) atoms. The summed E-state index contributed by atoms with van der Waals surface area (Å²) >= 11 is 0. The van der Waals surface area contributed by atoms with Gasteiger partial charge in [0.15, 0.2) is 19.7 Å². The van der Waals surface area contributed by atoms with Crippen molar-refractivity contribution in [2.75, 3.05) is 31.0 Å². The van der Waals surface area contributed by atoms with Gasteiger partial charge in [0.25, 0.3) is 0 Å². The lowest BCUT2D eigenvalue weighted by Gasteiger charge is -2.15. The van der Waals surface area contributed by atoms with Crippen LogP contribution in [0, 0.1) is 0 Å². The van der Waals surface area contributed by atoms with Gasteiger partial charge in [0, 0.05) is 25.7 Å². The lowest BCUT2D eigenvalue weighted by Crippen LogP contribution is -2.19. The van der Waals surface area contributed by atoms with Crippen molar-refractivity contribution in [2.24, 2.45) is 0 Å². The highest BCUT2D eigenvalue weighted by Gasteiger charge is 2.20. The molecule has 1 aromatic rings. The topological polar surface area (TPSA) is 89.5 Å². The van der Waals surface area contributed by atoms with E-state index in [1.54, 1.807) is 0 Å². The summed E-state index contributed by atoms with van der Waals surface area (Å²) in [6, 6.07) is 4.09. The van der Waals surface area contributed by atoms with Gasteiger partial charge in [-0.25, -0.2) is 16.8 Å². The van der Waals surface area contributed by atoms with Crippen molar-refractivity contribution in [3.05, 3.63) is 18.2 Å². The molecule has 1 aromatic carbocycles. The van der Waals surface area contributed by atoms with Crippen molar-refractivity contribution in [1.82, 2.24) is 0 Å². The van der Waals surface area contributed by atoms with Gasteiger partial charge in [-0.3, -0.25) is 0 Å². The lowest BCUT2D eigenvalue weighted by molar-refractivity contribution is 0.120. The summed E-state index contributed by atoms with van der Waals surface area (Å²) in [7, 11) is -6.98. The first-order valence-electron chi connectivity index (χ1n) is 6.57. The first-order chi connectivity index (χ1) is 9.68. The van der Waals surface area contributed by atoms with Crippen LogP contribution in [0.3, 0.4) is 0 Å². The smallest absolute Gasteiger partial charge is 0.177 e. The molecule has 1 aliphatic heterocycles. The van der Waals surface area contributed by atoms with Crippen LogP contribution in [0.1, 0.15) is 12.8 Å². The standard InChI is InChI=1S/C13H19NO5S2/c1-20(15,16)11-5-6-12(13(8-11)21(2,17)18)14-9-10-4-3-7-19-10/h5-6,8,10,14H,3-4,7,9H2,1-2H3/t10-/m0/s1. The summed E-state index contributed by atoms with van der Waals surface area (Å²) in [5.74, 6) is 0. The predicted octanol–water partition coefficient (Wildman–Crippen LogP) is 1.08. The second-order valence-corrected chi connectivity index (χ2v) is 9.22. The molecule has 6 nitrogen and oxygen atoms in total. The minimum atomic E-state index is -3.53. The molecule has 1 atom stereocenters. The van der Waals surface area contributed by atoms with Gasteiger partial charge in [-0.15, -0.1) is 0 Å². The maximum atomic E-state index is 11.9. The molecule has 1 heterocycles. The van der Waals surface area contributed by atoms with Crippen LogP contribution in [0.4, 0.5) is 5.69 Å². The zero-order valence-corrected chi connectivity index (χ0v) is 13.6. The molecule has 1 saturated heterocycles. The third kappa shape index (κ3) is 4.18. The molecular weight excluding hydrogens is 314 g/mol. The molecular formula is C13H19NO5S2. The minimum absolute atomic E-state index is 0.00871. The van der Waals surface area contributed by atoms with E-state index in [0.29, 0.717) is 12.2 Å². The zero-order chi connectivity index (χ0) is 15.7. The molecule has 1 N–H and O–H groups in total. The number of ether oxygens (including phenoxy) is 1. The molecule has 0 spiro atoms. The second kappa shape index (κ2) is 5.94. The SMILES string of the molecule is CS(=O)(=O)c1ccc(NC[C@@H]2CCCO2)c(S(C)(=O)=O)c1. The largest absolute Gasteiger partial charge is 0.381 e. The molecule has 0 amide bonds. The Balaban J connectivity index is 2.31. The highest BCUT2D eigenvalue weighted by molar-refractivity contribution is 7.91. The molecule has 0 aliphatic carbocycles. The van der Waals surface area contributed by atoms with Gasteiger partial charge >= 0.3 is 0 Å². The summed E-state index contributed by atoms with van der Waals surface area (Å²) in [5.41, 5.74) is 0.403. The Labute approximate surface area is 125 Å². The highest BCUT2D eigenvalue weighted by Crippen LogP contribution is 2.25. The molecule has 2 rings (SSSR count). The fourth-order valence-electron chi connectivity index (χ4n) is 2.22. The van der Waals surface area contributed by atoms with E-state index in [9.17, 15) is 16.8 Å². The quantitative estimate of drug-likeness (QED) is 0.867. The number of anilines is 1. The first kappa shape index (κ1) is 16.3. The van der Waals surface area contributed by atoms with Crippen molar-refractivity contribution in [2.45, 2.75) is 28.7 Å². The van der Waals surface area contributed by atoms with E-state index in [1.807, 2.05) is 0 Å². The Hall–Kier alpha value is -1.12. The molecule has 0 saturated carbocycles. The normalized spacial score (nSPS) is 19.6. The van der Waals surface area contributed by atoms with Crippen LogP contribution in [0.15, 0.2) is 28.0 Å². The highest BCUT2D eigenvalue weighted by atomic mass is 32.2. The van der Waals surface area contributed by atoms with E-state index in [4.69, 9.17) is 4.74 Å². The fraction of sp³-hybridized carbons (Fsp3) is 0.538. The summed E-state index contributed by atoms with van der Waals surface area (Å²) in [6.07, 6.45) is 4.10. The Morgan fingerprint density at radius 3 is 2.43 bits per heavy atom. The van der Waals surface area contributed by atoms with Crippen molar-refractivity contribution in [3.63, 3.8) is 0 Å². The van der Waals surface area contributed by atoms with E-state index < -0.39 is 19.7 Å². The second-order valence-electron chi connectivity index (χ2n) is 5.22. The van der Waals surface area contributed by atoms with Gasteiger partial charge < -0.3 is 10.1 Å². The number of benzene rings is 1. The summed E-state index contributed by atoms with van der Waals surface area (Å²) < 4.78 is 52.3. The van der Waals surface area contributed by atoms with Crippen LogP contribution in [-0.2, 0) is 24.4 Å². The van der Waals surface area contributed by atoms with E-state index >= 15 is 0 Å². The van der Waals surface area contributed by atoms with Crippen LogP contribution >= 0.6 is 0 Å². The number of rotatable bonds is 5. The Morgan fingerprint density at radius 2 is 1.90 bits per heavy atom. The number of hydrogen-bond acceptors (Lipinski definition) is 6. The average Bonchev–Trinajstić information content (AvgIpc) is 2.87. The van der Waals surface area contributed by atoms with Gasteiger partial charge in [-0.2, -0.15) is 0 Å². The fourth-order valence-corrected chi connectivity index (χ4v) is 3.82. The monoisotopic (exact) mass is 333 g/mol. The predicted molar refractivity (Wildman–Crippen MR) is 80.1 cm³/mol. The third-order valence-electron chi connectivity index (χ3n) is 3.32. The Bertz CT molecular complexity index is 719. The minimum Gasteiger partial charge on any atom is -0.381 e. The van der Waals surface area contributed by atoms with Gasteiger partial charge in [-0.1, -0.05) is 0 Å². The summed E-state index contributed by atoms with van der Waals surface area (Å²) in [6.45, 7) is 1.22. The molecule has 1 fully saturated rings. The van der Waals surface area contributed by atoms with Crippen molar-refractivity contribution < 1.29 is 21.6 Å². The van der Waals surface area contributed by atoms with Gasteiger partial charge in [0.1, 0.15) is 0 Å². The zero-order valence-electron chi connectivity index (χ0n) is 12.0. The van der Waals surface area contributed by atoms with Gasteiger partial charge in [-0.05, 0) is 31.0 Å². The first-order valence-corrected chi connectivity index (χ1v) is 10.4. The van der Waals surface area contributed by atoms with Crippen LogP contribution < -0.4 is 5.32 Å². The molecule has 0 radical (unpaired) electrons. The van der Waals surface area contributed by atoms with Crippen LogP contribution in [-0.4, -0.2) is 48.6 Å². The lowest BCUT2D eigenvalue weighted by atomic mass is 10.2. The maximum absolute atomic E-state index is 11.9.